The Bertz CT molecular complexity index is 321. The molecule has 0 spiro atoms. The molecule has 0 saturated carbocycles. The molecule has 2 heteroatoms. The molecule has 1 aromatic rings. The predicted molar refractivity (Wildman–Crippen MR) is 93.6 cm³/mol. The van der Waals surface area contributed by atoms with Crippen LogP contribution in [0.4, 0.5) is 0 Å². The van der Waals surface area contributed by atoms with Gasteiger partial charge in [0.05, 0.1) is 0 Å². The molecule has 0 N–H and O–H groups in total. The topological polar surface area (TPSA) is 0 Å². The first-order valence-electron chi connectivity index (χ1n) is 8.24. The molecule has 1 heterocycles. The van der Waals surface area contributed by atoms with Crippen molar-refractivity contribution < 1.29 is 0 Å². The molecule has 1 aromatic heterocycles. The molecule has 0 unspecified atom stereocenters. The number of hydrogen-bond donors (Lipinski definition) is 0. The minimum absolute atomic E-state index is 1.38. The van der Waals surface area contributed by atoms with Crippen LogP contribution in [0.2, 0.25) is 13.3 Å². The third-order valence-electron chi connectivity index (χ3n) is 4.46. The van der Waals surface area contributed by atoms with E-state index in [1.807, 2.05) is 14.9 Å². The molecular formula is C17H32SSn. The van der Waals surface area contributed by atoms with Gasteiger partial charge in [0.1, 0.15) is 0 Å². The Morgan fingerprint density at radius 3 is 1.68 bits per heavy atom. The van der Waals surface area contributed by atoms with Gasteiger partial charge in [0.2, 0.25) is 0 Å². The van der Waals surface area contributed by atoms with Crippen LogP contribution in [0.15, 0.2) is 11.4 Å². The zero-order valence-electron chi connectivity index (χ0n) is 13.4. The van der Waals surface area contributed by atoms with Crippen molar-refractivity contribution in [2.24, 2.45) is 0 Å². The van der Waals surface area contributed by atoms with Gasteiger partial charge in [-0.05, 0) is 0 Å². The number of hydrogen-bond acceptors (Lipinski definition) is 1. The average Bonchev–Trinajstić information content (AvgIpc) is 2.85. The second-order valence-electron chi connectivity index (χ2n) is 5.98. The Morgan fingerprint density at radius 2 is 1.37 bits per heavy atom. The van der Waals surface area contributed by atoms with Crippen molar-refractivity contribution in [1.82, 2.24) is 0 Å². The molecule has 0 nitrogen and oxygen atoms in total. The fourth-order valence-electron chi connectivity index (χ4n) is 3.26. The van der Waals surface area contributed by atoms with E-state index in [2.05, 4.69) is 39.1 Å². The Kier molecular flexibility index (Phi) is 8.72. The van der Waals surface area contributed by atoms with Crippen molar-refractivity contribution >= 4 is 33.3 Å². The Balaban J connectivity index is 2.97. The summed E-state index contributed by atoms with van der Waals surface area (Å²) in [5.74, 6) is 0. The van der Waals surface area contributed by atoms with E-state index < -0.39 is 18.4 Å². The van der Waals surface area contributed by atoms with Crippen LogP contribution in [-0.4, -0.2) is 18.4 Å². The zero-order valence-corrected chi connectivity index (χ0v) is 17.1. The first kappa shape index (κ1) is 17.5. The van der Waals surface area contributed by atoms with Crippen LogP contribution >= 0.6 is 11.3 Å². The van der Waals surface area contributed by atoms with Crippen LogP contribution in [-0.2, 0) is 0 Å². The zero-order chi connectivity index (χ0) is 14.1. The molecule has 0 aliphatic heterocycles. The van der Waals surface area contributed by atoms with E-state index in [1.54, 1.807) is 18.2 Å². The second kappa shape index (κ2) is 9.44. The maximum atomic E-state index is 2.51. The Labute approximate surface area is 128 Å². The van der Waals surface area contributed by atoms with E-state index in [0.717, 1.165) is 0 Å². The van der Waals surface area contributed by atoms with Gasteiger partial charge in [0, 0.05) is 0 Å². The molecule has 0 atom stereocenters. The van der Waals surface area contributed by atoms with Crippen LogP contribution in [0.1, 0.15) is 64.2 Å². The fourth-order valence-corrected chi connectivity index (χ4v) is 22.8. The van der Waals surface area contributed by atoms with Crippen molar-refractivity contribution in [3.63, 3.8) is 0 Å². The van der Waals surface area contributed by atoms with Crippen molar-refractivity contribution in [2.45, 2.75) is 79.5 Å². The molecule has 0 bridgehead atoms. The summed E-state index contributed by atoms with van der Waals surface area (Å²) >= 11 is -0.100. The SMILES string of the molecule is CCC[CH2][Sn]([CH2]CCC)([CH2]CCC)[c]1ccsc1C. The molecule has 0 aromatic carbocycles. The predicted octanol–water partition coefficient (Wildman–Crippen LogP) is 6.11. The van der Waals surface area contributed by atoms with Gasteiger partial charge >= 0.3 is 129 Å². The van der Waals surface area contributed by atoms with E-state index in [-0.39, 0.29) is 0 Å². The fraction of sp³-hybridized carbons (Fsp3) is 0.765. The van der Waals surface area contributed by atoms with Crippen LogP contribution in [0.3, 0.4) is 0 Å². The van der Waals surface area contributed by atoms with Crippen molar-refractivity contribution in [3.05, 3.63) is 16.3 Å². The van der Waals surface area contributed by atoms with Crippen molar-refractivity contribution in [1.29, 1.82) is 0 Å². The van der Waals surface area contributed by atoms with E-state index in [9.17, 15) is 0 Å². The Hall–Kier alpha value is 0.499. The third kappa shape index (κ3) is 5.08. The summed E-state index contributed by atoms with van der Waals surface area (Å²) in [6.07, 6.45) is 8.54. The quantitative estimate of drug-likeness (QED) is 0.425. The first-order chi connectivity index (χ1) is 9.20. The summed E-state index contributed by atoms with van der Waals surface area (Å²) < 4.78 is 6.68. The van der Waals surface area contributed by atoms with E-state index in [0.29, 0.717) is 0 Å². The van der Waals surface area contributed by atoms with Gasteiger partial charge < -0.3 is 0 Å². The van der Waals surface area contributed by atoms with Gasteiger partial charge in [-0.1, -0.05) is 0 Å². The van der Waals surface area contributed by atoms with Gasteiger partial charge in [-0.25, -0.2) is 0 Å². The number of rotatable bonds is 10. The minimum atomic E-state index is -2.08. The summed E-state index contributed by atoms with van der Waals surface area (Å²) in [5.41, 5.74) is 0. The van der Waals surface area contributed by atoms with Gasteiger partial charge in [-0.3, -0.25) is 0 Å². The van der Waals surface area contributed by atoms with Gasteiger partial charge in [-0.2, -0.15) is 0 Å². The molecule has 110 valence electrons. The van der Waals surface area contributed by atoms with Crippen LogP contribution < -0.4 is 3.58 Å². The van der Waals surface area contributed by atoms with Crippen LogP contribution in [0, 0.1) is 6.92 Å². The van der Waals surface area contributed by atoms with Crippen molar-refractivity contribution in [2.75, 3.05) is 0 Å². The first-order valence-corrected chi connectivity index (χ1v) is 16.6. The van der Waals surface area contributed by atoms with E-state index >= 15 is 0 Å². The molecule has 0 amide bonds. The standard InChI is InChI=1S/C5H5S.3C4H9.Sn/c1-5-3-2-4-6-5;3*1-3-4-2;/h2,4H,1H3;3*1,3-4H2,2H3;. The molecule has 0 saturated heterocycles. The second-order valence-corrected chi connectivity index (χ2v) is 20.2. The molecular weight excluding hydrogens is 355 g/mol. The molecule has 0 radical (unpaired) electrons. The maximum absolute atomic E-state index is 2.51. The van der Waals surface area contributed by atoms with E-state index in [4.69, 9.17) is 0 Å². The van der Waals surface area contributed by atoms with Crippen LogP contribution in [0.25, 0.3) is 0 Å². The summed E-state index contributed by atoms with van der Waals surface area (Å²) in [4.78, 5) is 1.65. The van der Waals surface area contributed by atoms with Gasteiger partial charge in [0.25, 0.3) is 0 Å². The van der Waals surface area contributed by atoms with E-state index in [1.165, 1.54) is 38.5 Å². The third-order valence-corrected chi connectivity index (χ3v) is 21.8. The molecule has 1 rings (SSSR count). The summed E-state index contributed by atoms with van der Waals surface area (Å²) in [5, 5.41) is 2.35. The van der Waals surface area contributed by atoms with Crippen LogP contribution in [0.5, 0.6) is 0 Å². The van der Waals surface area contributed by atoms with Gasteiger partial charge in [0.15, 0.2) is 0 Å². The molecule has 19 heavy (non-hydrogen) atoms. The average molecular weight is 387 g/mol. The Morgan fingerprint density at radius 1 is 0.895 bits per heavy atom. The summed E-state index contributed by atoms with van der Waals surface area (Å²) in [7, 11) is 0. The summed E-state index contributed by atoms with van der Waals surface area (Å²) in [6, 6.07) is 2.51. The summed E-state index contributed by atoms with van der Waals surface area (Å²) in [6.45, 7) is 9.44. The number of aryl methyl sites for hydroxylation is 1. The number of unbranched alkanes of at least 4 members (excludes halogenated alkanes) is 3. The number of thiophene rings is 1. The molecule has 0 aliphatic rings. The van der Waals surface area contributed by atoms with Crippen molar-refractivity contribution in [3.8, 4) is 0 Å². The van der Waals surface area contributed by atoms with Gasteiger partial charge in [-0.15, -0.1) is 0 Å². The molecule has 0 fully saturated rings. The monoisotopic (exact) mass is 388 g/mol. The normalized spacial score (nSPS) is 12.0. The molecule has 0 aliphatic carbocycles.